The van der Waals surface area contributed by atoms with Crippen LogP contribution in [0.2, 0.25) is 18.6 Å². The summed E-state index contributed by atoms with van der Waals surface area (Å²) in [5.74, 6) is 0. The van der Waals surface area contributed by atoms with Gasteiger partial charge in [-0.1, -0.05) is 44.2 Å². The van der Waals surface area contributed by atoms with Gasteiger partial charge in [-0.3, -0.25) is 0 Å². The maximum Gasteiger partial charge on any atom is 0.197 e. The molecule has 0 bridgehead atoms. The largest absolute Gasteiger partial charge is 0.457 e. The Morgan fingerprint density at radius 2 is 1.64 bits per heavy atom. The van der Waals surface area contributed by atoms with Crippen LogP contribution in [0, 0.1) is 0 Å². The van der Waals surface area contributed by atoms with Gasteiger partial charge in [0.05, 0.1) is 0 Å². The van der Waals surface area contributed by atoms with E-state index in [2.05, 4.69) is 57.3 Å². The lowest BCUT2D eigenvalue weighted by atomic mass is 10.4. The van der Waals surface area contributed by atoms with Crippen molar-refractivity contribution in [3.8, 4) is 0 Å². The number of benzene rings is 1. The third kappa shape index (κ3) is 3.40. The highest BCUT2D eigenvalue weighted by molar-refractivity contribution is 6.75. The molecule has 78 valence electrons. The second-order valence-electron chi connectivity index (χ2n) is 4.26. The Kier molecular flexibility index (Phi) is 4.58. The molecule has 0 fully saturated rings. The van der Waals surface area contributed by atoms with Crippen molar-refractivity contribution in [3.63, 3.8) is 0 Å². The molecular formula is C11H20OSi2. The Labute approximate surface area is 90.6 Å². The third-order valence-corrected chi connectivity index (χ3v) is 7.76. The van der Waals surface area contributed by atoms with Crippen molar-refractivity contribution in [2.24, 2.45) is 0 Å². The Morgan fingerprint density at radius 3 is 2.07 bits per heavy atom. The van der Waals surface area contributed by atoms with Crippen LogP contribution >= 0.6 is 0 Å². The number of hydrogen-bond acceptors (Lipinski definition) is 1. The molecule has 1 aromatic carbocycles. The van der Waals surface area contributed by atoms with Gasteiger partial charge in [0.1, 0.15) is 0 Å². The molecule has 1 atom stereocenters. The maximum absolute atomic E-state index is 6.18. The van der Waals surface area contributed by atoms with E-state index in [1.807, 2.05) is 0 Å². The fourth-order valence-corrected chi connectivity index (χ4v) is 7.16. The summed E-state index contributed by atoms with van der Waals surface area (Å²) in [5.41, 5.74) is 0.687. The van der Waals surface area contributed by atoms with E-state index < -0.39 is 18.1 Å². The lowest BCUT2D eigenvalue weighted by Crippen LogP contribution is -2.39. The molecule has 1 rings (SSSR count). The quantitative estimate of drug-likeness (QED) is 0.711. The molecule has 0 aromatic heterocycles. The zero-order valence-corrected chi connectivity index (χ0v) is 11.8. The highest BCUT2D eigenvalue weighted by Gasteiger charge is 2.19. The van der Waals surface area contributed by atoms with Crippen LogP contribution in [0.25, 0.3) is 0 Å². The normalized spacial score (nSPS) is 13.6. The van der Waals surface area contributed by atoms with Crippen LogP contribution in [0.1, 0.15) is 13.8 Å². The standard InChI is InChI=1S/C11H20OSi2/c1-10(2)14(12-13(3)4)11-8-6-5-7-9-11/h5-10,13-14H,1-4H3. The van der Waals surface area contributed by atoms with E-state index in [9.17, 15) is 0 Å². The van der Waals surface area contributed by atoms with Gasteiger partial charge in [-0.25, -0.2) is 0 Å². The van der Waals surface area contributed by atoms with Crippen LogP contribution < -0.4 is 5.19 Å². The van der Waals surface area contributed by atoms with E-state index in [4.69, 9.17) is 4.12 Å². The summed E-state index contributed by atoms with van der Waals surface area (Å²) in [7, 11) is -2.05. The summed E-state index contributed by atoms with van der Waals surface area (Å²) in [4.78, 5) is 0. The monoisotopic (exact) mass is 224 g/mol. The van der Waals surface area contributed by atoms with Crippen molar-refractivity contribution in [1.82, 2.24) is 0 Å². The Balaban J connectivity index is 2.78. The van der Waals surface area contributed by atoms with Crippen LogP contribution in [-0.4, -0.2) is 18.1 Å². The molecule has 0 aliphatic heterocycles. The van der Waals surface area contributed by atoms with E-state index in [0.717, 1.165) is 0 Å². The second kappa shape index (κ2) is 5.48. The van der Waals surface area contributed by atoms with Crippen molar-refractivity contribution in [3.05, 3.63) is 30.3 Å². The van der Waals surface area contributed by atoms with Gasteiger partial charge in [-0.05, 0) is 23.8 Å². The summed E-state index contributed by atoms with van der Waals surface area (Å²) in [6.07, 6.45) is 0. The molecule has 0 amide bonds. The van der Waals surface area contributed by atoms with Gasteiger partial charge in [0.25, 0.3) is 0 Å². The van der Waals surface area contributed by atoms with Crippen molar-refractivity contribution in [2.45, 2.75) is 32.5 Å². The highest BCUT2D eigenvalue weighted by atomic mass is 28.4. The molecule has 0 heterocycles. The topological polar surface area (TPSA) is 9.23 Å². The summed E-state index contributed by atoms with van der Waals surface area (Å²) in [5, 5.41) is 1.45. The smallest absolute Gasteiger partial charge is 0.197 e. The first-order chi connectivity index (χ1) is 6.61. The minimum atomic E-state index is -1.16. The molecule has 1 unspecified atom stereocenters. The highest BCUT2D eigenvalue weighted by Crippen LogP contribution is 2.10. The molecule has 3 heteroatoms. The van der Waals surface area contributed by atoms with E-state index in [1.54, 1.807) is 0 Å². The van der Waals surface area contributed by atoms with Crippen molar-refractivity contribution >= 4 is 23.3 Å². The summed E-state index contributed by atoms with van der Waals surface area (Å²) in [6, 6.07) is 10.7. The second-order valence-corrected chi connectivity index (χ2v) is 10.3. The van der Waals surface area contributed by atoms with E-state index in [0.29, 0.717) is 5.54 Å². The Hall–Kier alpha value is -0.386. The Morgan fingerprint density at radius 1 is 1.07 bits per heavy atom. The predicted molar refractivity (Wildman–Crippen MR) is 68.3 cm³/mol. The molecule has 0 saturated heterocycles. The van der Waals surface area contributed by atoms with E-state index in [-0.39, 0.29) is 0 Å². The first kappa shape index (κ1) is 11.7. The van der Waals surface area contributed by atoms with E-state index >= 15 is 0 Å². The van der Waals surface area contributed by atoms with Gasteiger partial charge in [-0.2, -0.15) is 0 Å². The third-order valence-electron chi connectivity index (χ3n) is 2.15. The fraction of sp³-hybridized carbons (Fsp3) is 0.455. The van der Waals surface area contributed by atoms with E-state index in [1.165, 1.54) is 5.19 Å². The maximum atomic E-state index is 6.18. The van der Waals surface area contributed by atoms with Gasteiger partial charge in [0.15, 0.2) is 18.1 Å². The van der Waals surface area contributed by atoms with Gasteiger partial charge in [0.2, 0.25) is 0 Å². The SMILES string of the molecule is CC(C)[SiH](O[SiH](C)C)c1ccccc1. The first-order valence-corrected chi connectivity index (χ1v) is 9.81. The number of hydrogen-bond donors (Lipinski definition) is 0. The lowest BCUT2D eigenvalue weighted by Gasteiger charge is -2.22. The first-order valence-electron chi connectivity index (χ1n) is 5.31. The zero-order valence-electron chi connectivity index (χ0n) is 9.53. The molecule has 1 nitrogen and oxygen atoms in total. The molecule has 14 heavy (non-hydrogen) atoms. The number of rotatable bonds is 4. The summed E-state index contributed by atoms with van der Waals surface area (Å²) >= 11 is 0. The van der Waals surface area contributed by atoms with Gasteiger partial charge < -0.3 is 4.12 Å². The molecule has 0 aliphatic rings. The molecule has 0 spiro atoms. The van der Waals surface area contributed by atoms with Crippen LogP contribution in [0.15, 0.2) is 30.3 Å². The molecular weight excluding hydrogens is 204 g/mol. The fourth-order valence-electron chi connectivity index (χ4n) is 1.56. The average Bonchev–Trinajstić information content (AvgIpc) is 2.15. The molecule has 0 aliphatic carbocycles. The molecule has 0 radical (unpaired) electrons. The average molecular weight is 224 g/mol. The van der Waals surface area contributed by atoms with Crippen LogP contribution in [0.3, 0.4) is 0 Å². The van der Waals surface area contributed by atoms with Crippen molar-refractivity contribution in [2.75, 3.05) is 0 Å². The molecule has 0 N–H and O–H groups in total. The van der Waals surface area contributed by atoms with Crippen molar-refractivity contribution < 1.29 is 4.12 Å². The lowest BCUT2D eigenvalue weighted by molar-refractivity contribution is 0.590. The Bertz CT molecular complexity index is 259. The van der Waals surface area contributed by atoms with Crippen LogP contribution in [0.4, 0.5) is 0 Å². The van der Waals surface area contributed by atoms with Gasteiger partial charge in [0, 0.05) is 0 Å². The van der Waals surface area contributed by atoms with Crippen molar-refractivity contribution in [1.29, 1.82) is 0 Å². The summed E-state index contributed by atoms with van der Waals surface area (Å²) in [6.45, 7) is 9.07. The molecule has 1 aromatic rings. The predicted octanol–water partition coefficient (Wildman–Crippen LogP) is 2.03. The molecule has 0 saturated carbocycles. The minimum absolute atomic E-state index is 0.687. The van der Waals surface area contributed by atoms with Gasteiger partial charge in [-0.15, -0.1) is 0 Å². The zero-order chi connectivity index (χ0) is 10.6. The van der Waals surface area contributed by atoms with Crippen LogP contribution in [0.5, 0.6) is 0 Å². The summed E-state index contributed by atoms with van der Waals surface area (Å²) < 4.78 is 6.18. The minimum Gasteiger partial charge on any atom is -0.457 e. The van der Waals surface area contributed by atoms with Gasteiger partial charge >= 0.3 is 0 Å². The van der Waals surface area contributed by atoms with Crippen LogP contribution in [-0.2, 0) is 4.12 Å².